The molecule has 3 rings (SSSR count). The Kier molecular flexibility index (Phi) is 6.13. The molecule has 0 atom stereocenters. The summed E-state index contributed by atoms with van der Waals surface area (Å²) in [6, 6.07) is 8.39. The van der Waals surface area contributed by atoms with Gasteiger partial charge in [-0.1, -0.05) is 17.7 Å². The Balaban J connectivity index is 0.00000243. The molecule has 0 aliphatic rings. The summed E-state index contributed by atoms with van der Waals surface area (Å²) in [5, 5.41) is 8.70. The SMILES string of the molecule is O=C(Nc1cccc(C(F)(F)F)c1)c1ccc2c(=O)[nH]nc(Cl)c2c1.[Na]. The number of anilines is 1. The van der Waals surface area contributed by atoms with Crippen LogP contribution in [0.3, 0.4) is 0 Å². The fraction of sp³-hybridized carbons (Fsp3) is 0.0625. The number of H-pyrrole nitrogens is 1. The van der Waals surface area contributed by atoms with Crippen LogP contribution in [0.1, 0.15) is 15.9 Å². The summed E-state index contributed by atoms with van der Waals surface area (Å²) < 4.78 is 38.2. The largest absolute Gasteiger partial charge is 0.416 e. The van der Waals surface area contributed by atoms with Gasteiger partial charge in [-0.05, 0) is 36.4 Å². The number of fused-ring (bicyclic) bond motifs is 1. The second-order valence-electron chi connectivity index (χ2n) is 5.14. The number of nitrogens with zero attached hydrogens (tertiary/aromatic N) is 1. The van der Waals surface area contributed by atoms with Crippen molar-refractivity contribution in [3.8, 4) is 0 Å². The maximum Gasteiger partial charge on any atom is 0.416 e. The minimum atomic E-state index is -4.51. The summed E-state index contributed by atoms with van der Waals surface area (Å²) in [7, 11) is 0. The summed E-state index contributed by atoms with van der Waals surface area (Å²) in [6.45, 7) is 0. The zero-order valence-electron chi connectivity index (χ0n) is 13.3. The summed E-state index contributed by atoms with van der Waals surface area (Å²) in [5.41, 5.74) is -1.22. The molecule has 0 fully saturated rings. The monoisotopic (exact) mass is 390 g/mol. The van der Waals surface area contributed by atoms with Crippen molar-refractivity contribution < 1.29 is 18.0 Å². The summed E-state index contributed by atoms with van der Waals surface area (Å²) in [5.74, 6) is -0.641. The fourth-order valence-electron chi connectivity index (χ4n) is 2.25. The van der Waals surface area contributed by atoms with E-state index < -0.39 is 23.2 Å². The topological polar surface area (TPSA) is 74.8 Å². The maximum absolute atomic E-state index is 12.7. The van der Waals surface area contributed by atoms with Gasteiger partial charge in [0.25, 0.3) is 11.5 Å². The van der Waals surface area contributed by atoms with Gasteiger partial charge in [-0.15, -0.1) is 0 Å². The second-order valence-corrected chi connectivity index (χ2v) is 5.49. The van der Waals surface area contributed by atoms with Gasteiger partial charge < -0.3 is 5.32 Å². The Hall–Kier alpha value is -1.87. The molecule has 10 heteroatoms. The van der Waals surface area contributed by atoms with Crippen LogP contribution in [0.5, 0.6) is 0 Å². The Morgan fingerprint density at radius 1 is 1.12 bits per heavy atom. The molecule has 0 spiro atoms. The van der Waals surface area contributed by atoms with E-state index in [-0.39, 0.29) is 56.7 Å². The van der Waals surface area contributed by atoms with Crippen molar-refractivity contribution in [1.29, 1.82) is 0 Å². The van der Waals surface area contributed by atoms with Gasteiger partial charge in [-0.25, -0.2) is 5.10 Å². The number of amides is 1. The molecule has 0 saturated heterocycles. The van der Waals surface area contributed by atoms with Crippen molar-refractivity contribution >= 4 is 63.5 Å². The Morgan fingerprint density at radius 2 is 1.85 bits per heavy atom. The van der Waals surface area contributed by atoms with Gasteiger partial charge in [-0.3, -0.25) is 9.59 Å². The first-order chi connectivity index (χ1) is 11.8. The normalized spacial score (nSPS) is 11.1. The molecule has 5 nitrogen and oxygen atoms in total. The molecule has 129 valence electrons. The molecule has 3 aromatic rings. The number of hydrogen-bond acceptors (Lipinski definition) is 3. The quantitative estimate of drug-likeness (QED) is 0.658. The number of alkyl halides is 3. The average Bonchev–Trinajstić information content (AvgIpc) is 2.57. The molecule has 0 saturated carbocycles. The van der Waals surface area contributed by atoms with E-state index >= 15 is 0 Å². The molecule has 0 unspecified atom stereocenters. The maximum atomic E-state index is 12.7. The van der Waals surface area contributed by atoms with E-state index in [4.69, 9.17) is 11.6 Å². The van der Waals surface area contributed by atoms with Crippen molar-refractivity contribution in [3.63, 3.8) is 0 Å². The number of benzene rings is 2. The molecule has 1 amide bonds. The minimum Gasteiger partial charge on any atom is -0.322 e. The van der Waals surface area contributed by atoms with Gasteiger partial charge in [0.1, 0.15) is 0 Å². The van der Waals surface area contributed by atoms with E-state index in [1.807, 2.05) is 0 Å². The van der Waals surface area contributed by atoms with Gasteiger partial charge in [0.15, 0.2) is 5.15 Å². The van der Waals surface area contributed by atoms with E-state index in [2.05, 4.69) is 15.5 Å². The molecule has 26 heavy (non-hydrogen) atoms. The van der Waals surface area contributed by atoms with Gasteiger partial charge >= 0.3 is 6.18 Å². The van der Waals surface area contributed by atoms with Crippen molar-refractivity contribution in [1.82, 2.24) is 10.2 Å². The third-order valence-electron chi connectivity index (χ3n) is 3.45. The molecule has 2 aromatic carbocycles. The molecule has 0 aliphatic heterocycles. The zero-order valence-corrected chi connectivity index (χ0v) is 16.1. The van der Waals surface area contributed by atoms with Crippen LogP contribution < -0.4 is 10.9 Å². The minimum absolute atomic E-state index is 0. The van der Waals surface area contributed by atoms with Crippen LogP contribution in [0.2, 0.25) is 5.15 Å². The van der Waals surface area contributed by atoms with Crippen molar-refractivity contribution in [2.75, 3.05) is 5.32 Å². The van der Waals surface area contributed by atoms with Crippen molar-refractivity contribution in [2.45, 2.75) is 6.18 Å². The predicted octanol–water partition coefficient (Wildman–Crippen LogP) is 3.47. The predicted molar refractivity (Wildman–Crippen MR) is 92.5 cm³/mol. The first kappa shape index (κ1) is 20.4. The summed E-state index contributed by atoms with van der Waals surface area (Å²) in [4.78, 5) is 23.9. The van der Waals surface area contributed by atoms with Gasteiger partial charge in [0.05, 0.1) is 10.9 Å². The van der Waals surface area contributed by atoms with E-state index in [0.717, 1.165) is 12.1 Å². The van der Waals surface area contributed by atoms with Gasteiger partial charge in [0.2, 0.25) is 0 Å². The molecule has 1 aromatic heterocycles. The molecule has 2 N–H and O–H groups in total. The fourth-order valence-corrected chi connectivity index (χ4v) is 2.45. The van der Waals surface area contributed by atoms with E-state index in [1.54, 1.807) is 0 Å². The number of aromatic nitrogens is 2. The van der Waals surface area contributed by atoms with Crippen LogP contribution in [-0.4, -0.2) is 45.7 Å². The van der Waals surface area contributed by atoms with Gasteiger partial charge in [-0.2, -0.15) is 18.3 Å². The van der Waals surface area contributed by atoms with E-state index in [9.17, 15) is 22.8 Å². The van der Waals surface area contributed by atoms with E-state index in [0.29, 0.717) is 0 Å². The molecular formula is C16H9ClF3N3NaO2. The number of hydrogen-bond donors (Lipinski definition) is 2. The number of carbonyl (C=O) groups is 1. The smallest absolute Gasteiger partial charge is 0.322 e. The number of halogens is 4. The van der Waals surface area contributed by atoms with Crippen LogP contribution in [-0.2, 0) is 6.18 Å². The number of nitrogens with one attached hydrogen (secondary N) is 2. The standard InChI is InChI=1S/C16H9ClF3N3O2.Na/c17-13-12-6-8(4-5-11(12)15(25)23-22-13)14(24)21-10-3-1-2-9(7-10)16(18,19)20;/h1-7H,(H,21,24)(H,23,25);. The zero-order chi connectivity index (χ0) is 18.2. The molecule has 0 bridgehead atoms. The van der Waals surface area contributed by atoms with Crippen LogP contribution in [0.15, 0.2) is 47.3 Å². The first-order valence-electron chi connectivity index (χ1n) is 6.92. The van der Waals surface area contributed by atoms with Crippen LogP contribution in [0.4, 0.5) is 18.9 Å². The van der Waals surface area contributed by atoms with Crippen LogP contribution >= 0.6 is 11.6 Å². The molecular weight excluding hydrogens is 382 g/mol. The van der Waals surface area contributed by atoms with Crippen molar-refractivity contribution in [2.24, 2.45) is 0 Å². The Labute approximate surface area is 171 Å². The van der Waals surface area contributed by atoms with E-state index in [1.165, 1.54) is 30.3 Å². The summed E-state index contributed by atoms with van der Waals surface area (Å²) in [6.07, 6.45) is -4.51. The number of rotatable bonds is 2. The Bertz CT molecular complexity index is 1040. The van der Waals surface area contributed by atoms with Crippen molar-refractivity contribution in [3.05, 3.63) is 69.1 Å². The third-order valence-corrected chi connectivity index (χ3v) is 3.74. The molecule has 1 radical (unpaired) electrons. The Morgan fingerprint density at radius 3 is 2.54 bits per heavy atom. The van der Waals surface area contributed by atoms with Crippen LogP contribution in [0.25, 0.3) is 10.8 Å². The van der Waals surface area contributed by atoms with Crippen LogP contribution in [0, 0.1) is 0 Å². The number of aromatic amines is 1. The first-order valence-corrected chi connectivity index (χ1v) is 7.30. The number of carbonyl (C=O) groups excluding carboxylic acids is 1. The summed E-state index contributed by atoms with van der Waals surface area (Å²) >= 11 is 5.90. The molecule has 0 aliphatic carbocycles. The molecule has 1 heterocycles. The third kappa shape index (κ3) is 4.27. The van der Waals surface area contributed by atoms with Gasteiger partial charge in [0, 0.05) is 46.2 Å². The average molecular weight is 391 g/mol. The second kappa shape index (κ2) is 7.79.